The molecule has 0 aliphatic carbocycles. The molecule has 0 aliphatic heterocycles. The van der Waals surface area contributed by atoms with E-state index in [-0.39, 0.29) is 12.3 Å². The fourth-order valence-electron chi connectivity index (χ4n) is 1.53. The van der Waals surface area contributed by atoms with Crippen molar-refractivity contribution in [2.24, 2.45) is 5.73 Å². The molecular weight excluding hydrogens is 231 g/mol. The van der Waals surface area contributed by atoms with Crippen LogP contribution in [0.4, 0.5) is 13.2 Å². The number of rotatable bonds is 5. The first kappa shape index (κ1) is 13.5. The summed E-state index contributed by atoms with van der Waals surface area (Å²) in [5, 5.41) is 0. The number of carbonyl (C=O) groups excluding carboxylic acids is 1. The molecule has 0 aromatic heterocycles. The molecule has 0 heterocycles. The van der Waals surface area contributed by atoms with Crippen LogP contribution in [0.3, 0.4) is 0 Å². The Labute approximate surface area is 97.6 Å². The minimum atomic E-state index is -4.30. The third-order valence-electron chi connectivity index (χ3n) is 2.39. The second-order valence-corrected chi connectivity index (χ2v) is 3.87. The molecule has 17 heavy (non-hydrogen) atoms. The lowest BCUT2D eigenvalue weighted by atomic mass is 10.0. The summed E-state index contributed by atoms with van der Waals surface area (Å²) in [5.41, 5.74) is 4.96. The number of hydrogen-bond acceptors (Lipinski definition) is 1. The quantitative estimate of drug-likeness (QED) is 0.796. The molecule has 5 heteroatoms. The van der Waals surface area contributed by atoms with Crippen LogP contribution in [0.25, 0.3) is 0 Å². The van der Waals surface area contributed by atoms with E-state index in [1.165, 1.54) is 6.07 Å². The van der Waals surface area contributed by atoms with E-state index in [2.05, 4.69) is 0 Å². The molecule has 0 fully saturated rings. The van der Waals surface area contributed by atoms with Crippen LogP contribution in [-0.4, -0.2) is 5.91 Å². The molecule has 1 aromatic rings. The van der Waals surface area contributed by atoms with Crippen molar-refractivity contribution in [3.8, 4) is 0 Å². The average molecular weight is 245 g/mol. The lowest BCUT2D eigenvalue weighted by molar-refractivity contribution is -0.137. The van der Waals surface area contributed by atoms with Crippen LogP contribution in [0, 0.1) is 0 Å². The minimum Gasteiger partial charge on any atom is -0.370 e. The molecule has 0 saturated heterocycles. The van der Waals surface area contributed by atoms with Crippen molar-refractivity contribution >= 4 is 5.91 Å². The largest absolute Gasteiger partial charge is 0.416 e. The summed E-state index contributed by atoms with van der Waals surface area (Å²) >= 11 is 0. The highest BCUT2D eigenvalue weighted by atomic mass is 19.4. The van der Waals surface area contributed by atoms with Gasteiger partial charge in [0.2, 0.25) is 5.91 Å². The maximum Gasteiger partial charge on any atom is 0.416 e. The number of hydrogen-bond donors (Lipinski definition) is 1. The van der Waals surface area contributed by atoms with E-state index in [0.717, 1.165) is 12.1 Å². The summed E-state index contributed by atoms with van der Waals surface area (Å²) in [4.78, 5) is 10.5. The van der Waals surface area contributed by atoms with E-state index >= 15 is 0 Å². The smallest absolute Gasteiger partial charge is 0.370 e. The highest BCUT2D eigenvalue weighted by Crippen LogP contribution is 2.29. The molecule has 2 nitrogen and oxygen atoms in total. The summed E-state index contributed by atoms with van der Waals surface area (Å²) in [6.07, 6.45) is -2.24. The van der Waals surface area contributed by atoms with E-state index < -0.39 is 11.7 Å². The number of carbonyl (C=O) groups is 1. The van der Waals surface area contributed by atoms with Crippen molar-refractivity contribution in [3.05, 3.63) is 35.4 Å². The number of halogens is 3. The van der Waals surface area contributed by atoms with E-state index in [1.807, 2.05) is 0 Å². The van der Waals surface area contributed by atoms with Gasteiger partial charge in [0.1, 0.15) is 0 Å². The van der Waals surface area contributed by atoms with Gasteiger partial charge in [0, 0.05) is 6.42 Å². The van der Waals surface area contributed by atoms with Crippen LogP contribution in [-0.2, 0) is 17.4 Å². The van der Waals surface area contributed by atoms with Gasteiger partial charge in [-0.1, -0.05) is 18.2 Å². The first-order chi connectivity index (χ1) is 7.89. The van der Waals surface area contributed by atoms with E-state index in [0.29, 0.717) is 24.8 Å². The second kappa shape index (κ2) is 5.70. The number of unbranched alkanes of at least 4 members (excludes halogenated alkanes) is 1. The van der Waals surface area contributed by atoms with Gasteiger partial charge in [-0.2, -0.15) is 13.2 Å². The predicted octanol–water partition coefficient (Wildman–Crippen LogP) is 2.90. The summed E-state index contributed by atoms with van der Waals surface area (Å²) in [6, 6.07) is 5.24. The van der Waals surface area contributed by atoms with Crippen molar-refractivity contribution in [1.29, 1.82) is 0 Å². The van der Waals surface area contributed by atoms with Crippen LogP contribution in [0.2, 0.25) is 0 Å². The number of amides is 1. The van der Waals surface area contributed by atoms with Crippen molar-refractivity contribution in [3.63, 3.8) is 0 Å². The zero-order chi connectivity index (χ0) is 12.9. The van der Waals surface area contributed by atoms with Crippen LogP contribution >= 0.6 is 0 Å². The molecule has 2 N–H and O–H groups in total. The summed E-state index contributed by atoms with van der Waals surface area (Å²) in [6.45, 7) is 0. The molecule has 0 spiro atoms. The Morgan fingerprint density at radius 2 is 1.94 bits per heavy atom. The molecule has 94 valence electrons. The molecule has 1 rings (SSSR count). The normalized spacial score (nSPS) is 11.5. The zero-order valence-corrected chi connectivity index (χ0v) is 9.26. The Morgan fingerprint density at radius 3 is 2.53 bits per heavy atom. The van der Waals surface area contributed by atoms with Crippen molar-refractivity contribution < 1.29 is 18.0 Å². The SMILES string of the molecule is NC(=O)CCCCc1cccc(C(F)(F)F)c1. The highest BCUT2D eigenvalue weighted by Gasteiger charge is 2.30. The zero-order valence-electron chi connectivity index (χ0n) is 9.26. The highest BCUT2D eigenvalue weighted by molar-refractivity contribution is 5.73. The molecule has 0 aliphatic rings. The van der Waals surface area contributed by atoms with Crippen molar-refractivity contribution in [2.45, 2.75) is 31.9 Å². The van der Waals surface area contributed by atoms with E-state index in [9.17, 15) is 18.0 Å². The van der Waals surface area contributed by atoms with Crippen LogP contribution < -0.4 is 5.73 Å². The molecule has 0 atom stereocenters. The van der Waals surface area contributed by atoms with Gasteiger partial charge in [-0.3, -0.25) is 4.79 Å². The Bertz CT molecular complexity index is 388. The Balaban J connectivity index is 2.52. The first-order valence-electron chi connectivity index (χ1n) is 5.34. The number of alkyl halides is 3. The predicted molar refractivity (Wildman–Crippen MR) is 58.2 cm³/mol. The molecular formula is C12H14F3NO. The van der Waals surface area contributed by atoms with Gasteiger partial charge in [-0.05, 0) is 30.9 Å². The van der Waals surface area contributed by atoms with Crippen molar-refractivity contribution in [2.75, 3.05) is 0 Å². The van der Waals surface area contributed by atoms with E-state index in [4.69, 9.17) is 5.73 Å². The minimum absolute atomic E-state index is 0.277. The Morgan fingerprint density at radius 1 is 1.24 bits per heavy atom. The third-order valence-corrected chi connectivity index (χ3v) is 2.39. The second-order valence-electron chi connectivity index (χ2n) is 3.87. The van der Waals surface area contributed by atoms with Crippen LogP contribution in [0.15, 0.2) is 24.3 Å². The number of benzene rings is 1. The maximum absolute atomic E-state index is 12.4. The summed E-state index contributed by atoms with van der Waals surface area (Å²) in [7, 11) is 0. The lowest BCUT2D eigenvalue weighted by Gasteiger charge is -2.08. The Kier molecular flexibility index (Phi) is 4.54. The van der Waals surface area contributed by atoms with Gasteiger partial charge in [0.05, 0.1) is 5.56 Å². The monoisotopic (exact) mass is 245 g/mol. The van der Waals surface area contributed by atoms with Gasteiger partial charge in [-0.25, -0.2) is 0 Å². The molecule has 1 amide bonds. The molecule has 0 bridgehead atoms. The van der Waals surface area contributed by atoms with Gasteiger partial charge in [0.15, 0.2) is 0 Å². The number of aryl methyl sites for hydroxylation is 1. The summed E-state index contributed by atoms with van der Waals surface area (Å²) in [5.74, 6) is -0.381. The molecule has 0 radical (unpaired) electrons. The first-order valence-corrected chi connectivity index (χ1v) is 5.34. The fourth-order valence-corrected chi connectivity index (χ4v) is 1.53. The fraction of sp³-hybridized carbons (Fsp3) is 0.417. The lowest BCUT2D eigenvalue weighted by Crippen LogP contribution is -2.09. The van der Waals surface area contributed by atoms with Gasteiger partial charge >= 0.3 is 6.18 Å². The van der Waals surface area contributed by atoms with Gasteiger partial charge in [-0.15, -0.1) is 0 Å². The molecule has 0 saturated carbocycles. The summed E-state index contributed by atoms with van der Waals surface area (Å²) < 4.78 is 37.2. The Hall–Kier alpha value is -1.52. The van der Waals surface area contributed by atoms with E-state index in [1.54, 1.807) is 6.07 Å². The standard InChI is InChI=1S/C12H14F3NO/c13-12(14,15)10-6-3-5-9(8-10)4-1-2-7-11(16)17/h3,5-6,8H,1-2,4,7H2,(H2,16,17). The van der Waals surface area contributed by atoms with Gasteiger partial charge in [0.25, 0.3) is 0 Å². The third kappa shape index (κ3) is 4.89. The van der Waals surface area contributed by atoms with Crippen molar-refractivity contribution in [1.82, 2.24) is 0 Å². The average Bonchev–Trinajstić information content (AvgIpc) is 2.23. The maximum atomic E-state index is 12.4. The molecule has 0 unspecified atom stereocenters. The molecule has 1 aromatic carbocycles. The topological polar surface area (TPSA) is 43.1 Å². The van der Waals surface area contributed by atoms with Crippen LogP contribution in [0.5, 0.6) is 0 Å². The number of primary amides is 1. The van der Waals surface area contributed by atoms with Gasteiger partial charge < -0.3 is 5.73 Å². The van der Waals surface area contributed by atoms with Crippen LogP contribution in [0.1, 0.15) is 30.4 Å². The number of nitrogens with two attached hydrogens (primary N) is 1.